The molecule has 2 unspecified atom stereocenters. The summed E-state index contributed by atoms with van der Waals surface area (Å²) >= 11 is 5.59. The van der Waals surface area contributed by atoms with Gasteiger partial charge in [-0.1, -0.05) is 52.4 Å². The normalized spacial score (nSPS) is 15.7. The van der Waals surface area contributed by atoms with Gasteiger partial charge in [0.1, 0.15) is 5.38 Å². The zero-order valence-electron chi connectivity index (χ0n) is 12.7. The fraction of sp³-hybridized carbons (Fsp3) is 0.929. The van der Waals surface area contributed by atoms with E-state index in [-0.39, 0.29) is 29.6 Å². The number of alkyl halides is 1. The van der Waals surface area contributed by atoms with Crippen LogP contribution in [0.4, 0.5) is 0 Å². The van der Waals surface area contributed by atoms with Crippen LogP contribution in [0.25, 0.3) is 0 Å². The molecule has 0 amide bonds. The van der Waals surface area contributed by atoms with Crippen molar-refractivity contribution in [1.82, 2.24) is 0 Å². The molecule has 0 fully saturated rings. The Morgan fingerprint density at radius 2 is 1.68 bits per heavy atom. The van der Waals surface area contributed by atoms with Gasteiger partial charge in [-0.15, -0.1) is 11.6 Å². The molecule has 0 bridgehead atoms. The van der Waals surface area contributed by atoms with Crippen LogP contribution in [-0.4, -0.2) is 22.1 Å². The maximum Gasteiger partial charge on any atom is 1.00 e. The molecule has 0 aliphatic heterocycles. The molecule has 3 nitrogen and oxygen atoms in total. The van der Waals surface area contributed by atoms with E-state index in [0.29, 0.717) is 6.42 Å². The second-order valence-electron chi connectivity index (χ2n) is 5.74. The van der Waals surface area contributed by atoms with Gasteiger partial charge in [0, 0.05) is 0 Å². The molecule has 0 heterocycles. The molecule has 0 aromatic heterocycles. The van der Waals surface area contributed by atoms with Gasteiger partial charge < -0.3 is 15.0 Å². The first-order valence-corrected chi connectivity index (χ1v) is 7.28. The number of carboxylic acids is 1. The summed E-state index contributed by atoms with van der Waals surface area (Å²) in [5.41, 5.74) is -1.38. The van der Waals surface area contributed by atoms with Crippen molar-refractivity contribution in [2.75, 3.05) is 0 Å². The molecule has 0 radical (unpaired) electrons. The minimum atomic E-state index is -1.40. The number of aliphatic carboxylic acids is 1. The average molecular weight is 301 g/mol. The monoisotopic (exact) mass is 300 g/mol. The molecule has 0 aromatic carbocycles. The third-order valence-corrected chi connectivity index (χ3v) is 3.87. The molecule has 108 valence electrons. The average Bonchev–Trinajstić information content (AvgIpc) is 2.26. The summed E-state index contributed by atoms with van der Waals surface area (Å²) in [6.07, 6.45) is 7.03. The first kappa shape index (κ1) is 22.0. The van der Waals surface area contributed by atoms with Crippen LogP contribution < -0.4 is 34.7 Å². The van der Waals surface area contributed by atoms with Gasteiger partial charge >= 0.3 is 29.6 Å². The molecule has 0 spiro atoms. The first-order chi connectivity index (χ1) is 8.27. The minimum absolute atomic E-state index is 0. The molecule has 0 saturated carbocycles. The summed E-state index contributed by atoms with van der Waals surface area (Å²) < 4.78 is 0. The summed E-state index contributed by atoms with van der Waals surface area (Å²) in [5.74, 6) is -0.649. The van der Waals surface area contributed by atoms with Crippen molar-refractivity contribution in [3.8, 4) is 0 Å². The molecule has 0 aliphatic carbocycles. The van der Waals surface area contributed by atoms with E-state index in [1.807, 2.05) is 0 Å². The van der Waals surface area contributed by atoms with E-state index in [9.17, 15) is 15.0 Å². The molecular weight excluding hydrogens is 275 g/mol. The standard InChI is InChI=1S/C14H27ClO3.Na/c1-11(2)9-7-5-4-6-8-10-14(3,18)12(15)13(16)17;/h11-12,18H,4-10H2,1-3H3,(H,16,17);/q;+1/p-1. The van der Waals surface area contributed by atoms with Crippen LogP contribution in [0.5, 0.6) is 0 Å². The van der Waals surface area contributed by atoms with Gasteiger partial charge in [0.15, 0.2) is 0 Å². The molecule has 1 N–H and O–H groups in total. The van der Waals surface area contributed by atoms with E-state index in [4.69, 9.17) is 11.6 Å². The fourth-order valence-corrected chi connectivity index (χ4v) is 2.06. The molecule has 0 saturated heterocycles. The van der Waals surface area contributed by atoms with Gasteiger partial charge in [-0.25, -0.2) is 0 Å². The van der Waals surface area contributed by atoms with E-state index in [1.165, 1.54) is 26.2 Å². The number of unbranched alkanes of at least 4 members (excludes halogenated alkanes) is 4. The van der Waals surface area contributed by atoms with Gasteiger partial charge in [-0.3, -0.25) is 0 Å². The van der Waals surface area contributed by atoms with Gasteiger partial charge in [0.25, 0.3) is 0 Å². The van der Waals surface area contributed by atoms with Crippen LogP contribution in [0.1, 0.15) is 65.7 Å². The van der Waals surface area contributed by atoms with E-state index in [2.05, 4.69) is 13.8 Å². The van der Waals surface area contributed by atoms with Gasteiger partial charge in [-0.2, -0.15) is 0 Å². The van der Waals surface area contributed by atoms with Gasteiger partial charge in [0.05, 0.1) is 11.6 Å². The van der Waals surface area contributed by atoms with Crippen molar-refractivity contribution in [2.45, 2.75) is 76.7 Å². The quantitative estimate of drug-likeness (QED) is 0.336. The third kappa shape index (κ3) is 11.1. The number of rotatable bonds is 10. The van der Waals surface area contributed by atoms with Crippen LogP contribution >= 0.6 is 11.6 Å². The van der Waals surface area contributed by atoms with E-state index in [1.54, 1.807) is 0 Å². The van der Waals surface area contributed by atoms with Crippen molar-refractivity contribution in [2.24, 2.45) is 5.92 Å². The maximum atomic E-state index is 10.6. The third-order valence-electron chi connectivity index (χ3n) is 3.22. The summed E-state index contributed by atoms with van der Waals surface area (Å²) in [6, 6.07) is 0. The Balaban J connectivity index is 0. The Morgan fingerprint density at radius 3 is 2.16 bits per heavy atom. The predicted molar refractivity (Wildman–Crippen MR) is 72.4 cm³/mol. The van der Waals surface area contributed by atoms with Crippen molar-refractivity contribution in [3.05, 3.63) is 0 Å². The number of carbonyl (C=O) groups excluding carboxylic acids is 1. The summed E-state index contributed by atoms with van der Waals surface area (Å²) in [4.78, 5) is 10.6. The smallest absolute Gasteiger partial charge is 0.548 e. The fourth-order valence-electron chi connectivity index (χ4n) is 1.95. The summed E-state index contributed by atoms with van der Waals surface area (Å²) in [7, 11) is 0. The number of carboxylic acid groups (broad SMARTS) is 1. The number of hydrogen-bond acceptors (Lipinski definition) is 3. The van der Waals surface area contributed by atoms with Crippen molar-refractivity contribution in [3.63, 3.8) is 0 Å². The number of halogens is 1. The molecule has 2 atom stereocenters. The van der Waals surface area contributed by atoms with Crippen LogP contribution in [0.15, 0.2) is 0 Å². The summed E-state index contributed by atoms with van der Waals surface area (Å²) in [5, 5.41) is 19.1. The van der Waals surface area contributed by atoms with Crippen LogP contribution in [0.2, 0.25) is 0 Å². The molecule has 19 heavy (non-hydrogen) atoms. The predicted octanol–water partition coefficient (Wildman–Crippen LogP) is -0.515. The Bertz CT molecular complexity index is 245. The topological polar surface area (TPSA) is 60.4 Å². The number of hydrogen-bond donors (Lipinski definition) is 1. The van der Waals surface area contributed by atoms with Crippen LogP contribution in [0.3, 0.4) is 0 Å². The van der Waals surface area contributed by atoms with Crippen molar-refractivity contribution >= 4 is 17.6 Å². The largest absolute Gasteiger partial charge is 1.00 e. The Kier molecular flexibility index (Phi) is 13.2. The van der Waals surface area contributed by atoms with E-state index < -0.39 is 16.9 Å². The second kappa shape index (κ2) is 11.4. The molecule has 0 aromatic rings. The minimum Gasteiger partial charge on any atom is -0.548 e. The van der Waals surface area contributed by atoms with E-state index >= 15 is 0 Å². The first-order valence-electron chi connectivity index (χ1n) is 6.84. The maximum absolute atomic E-state index is 10.6. The SMILES string of the molecule is CC(C)CCCCCCCC(C)(O)C(Cl)C(=O)[O-].[Na+]. The van der Waals surface area contributed by atoms with Crippen molar-refractivity contribution < 1.29 is 44.6 Å². The molecule has 5 heteroatoms. The Labute approximate surface area is 144 Å². The van der Waals surface area contributed by atoms with Crippen LogP contribution in [-0.2, 0) is 4.79 Å². The second-order valence-corrected chi connectivity index (χ2v) is 6.18. The molecule has 0 rings (SSSR count). The van der Waals surface area contributed by atoms with Gasteiger partial charge in [0.2, 0.25) is 0 Å². The zero-order chi connectivity index (χ0) is 14.2. The molecule has 0 aliphatic rings. The van der Waals surface area contributed by atoms with Crippen molar-refractivity contribution in [1.29, 1.82) is 0 Å². The number of carbonyl (C=O) groups is 1. The van der Waals surface area contributed by atoms with Gasteiger partial charge in [-0.05, 0) is 19.3 Å². The Morgan fingerprint density at radius 1 is 1.21 bits per heavy atom. The Hall–Kier alpha value is 0.720. The van der Waals surface area contributed by atoms with E-state index in [0.717, 1.165) is 25.2 Å². The van der Waals surface area contributed by atoms with Crippen LogP contribution in [0, 0.1) is 5.92 Å². The zero-order valence-corrected chi connectivity index (χ0v) is 15.5. The molecular formula is C14H26ClNaO3. The summed E-state index contributed by atoms with van der Waals surface area (Å²) in [6.45, 7) is 5.90. The number of aliphatic hydroxyl groups is 1.